The average molecular weight is 392 g/mol. The number of benzene rings is 1. The van der Waals surface area contributed by atoms with Crippen LogP contribution in [-0.2, 0) is 17.8 Å². The SMILES string of the molecule is Cc1cnc(-c2ccncc2)n1CC1CCCN(C(=O)Cc2cccc(F)c2)C1. The summed E-state index contributed by atoms with van der Waals surface area (Å²) in [6, 6.07) is 10.2. The normalized spacial score (nSPS) is 16.8. The molecule has 0 bridgehead atoms. The lowest BCUT2D eigenvalue weighted by molar-refractivity contribution is -0.132. The van der Waals surface area contributed by atoms with E-state index in [1.165, 1.54) is 12.1 Å². The van der Waals surface area contributed by atoms with Crippen molar-refractivity contribution in [1.29, 1.82) is 0 Å². The van der Waals surface area contributed by atoms with Crippen LogP contribution in [0.15, 0.2) is 55.0 Å². The van der Waals surface area contributed by atoms with E-state index in [1.807, 2.05) is 23.2 Å². The zero-order valence-electron chi connectivity index (χ0n) is 16.6. The second-order valence-corrected chi connectivity index (χ2v) is 7.72. The number of aryl methyl sites for hydroxylation is 1. The maximum Gasteiger partial charge on any atom is 0.227 e. The standard InChI is InChI=1S/C23H25FN4O/c1-17-14-26-23(20-7-9-25-10-8-20)28(17)16-19-5-3-11-27(15-19)22(29)13-18-4-2-6-21(24)12-18/h2,4,6-10,12,14,19H,3,5,11,13,15-16H2,1H3. The summed E-state index contributed by atoms with van der Waals surface area (Å²) >= 11 is 0. The molecular formula is C23H25FN4O. The molecule has 0 radical (unpaired) electrons. The van der Waals surface area contributed by atoms with Crippen molar-refractivity contribution in [2.24, 2.45) is 5.92 Å². The topological polar surface area (TPSA) is 51.0 Å². The molecule has 1 saturated heterocycles. The van der Waals surface area contributed by atoms with E-state index >= 15 is 0 Å². The maximum atomic E-state index is 13.4. The minimum Gasteiger partial charge on any atom is -0.342 e. The average Bonchev–Trinajstić information content (AvgIpc) is 3.09. The van der Waals surface area contributed by atoms with Crippen LogP contribution < -0.4 is 0 Å². The Hall–Kier alpha value is -3.02. The lowest BCUT2D eigenvalue weighted by Crippen LogP contribution is -2.42. The number of pyridine rings is 1. The summed E-state index contributed by atoms with van der Waals surface area (Å²) in [5.41, 5.74) is 2.88. The van der Waals surface area contributed by atoms with E-state index in [2.05, 4.69) is 21.5 Å². The summed E-state index contributed by atoms with van der Waals surface area (Å²) in [7, 11) is 0. The van der Waals surface area contributed by atoms with Gasteiger partial charge in [0.1, 0.15) is 11.6 Å². The highest BCUT2D eigenvalue weighted by Crippen LogP contribution is 2.24. The van der Waals surface area contributed by atoms with E-state index in [4.69, 9.17) is 0 Å². The smallest absolute Gasteiger partial charge is 0.227 e. The molecule has 1 aliphatic rings. The fraction of sp³-hybridized carbons (Fsp3) is 0.348. The van der Waals surface area contributed by atoms with Crippen LogP contribution in [0, 0.1) is 18.7 Å². The van der Waals surface area contributed by atoms with Crippen LogP contribution in [-0.4, -0.2) is 38.4 Å². The largest absolute Gasteiger partial charge is 0.342 e. The lowest BCUT2D eigenvalue weighted by Gasteiger charge is -2.33. The number of nitrogens with zero attached hydrogens (tertiary/aromatic N) is 4. The Morgan fingerprint density at radius 3 is 2.86 bits per heavy atom. The highest BCUT2D eigenvalue weighted by molar-refractivity contribution is 5.78. The molecule has 3 heterocycles. The van der Waals surface area contributed by atoms with Gasteiger partial charge in [-0.25, -0.2) is 9.37 Å². The predicted molar refractivity (Wildman–Crippen MR) is 110 cm³/mol. The van der Waals surface area contributed by atoms with Gasteiger partial charge in [0.05, 0.1) is 6.42 Å². The van der Waals surface area contributed by atoms with Gasteiger partial charge in [0.2, 0.25) is 5.91 Å². The fourth-order valence-corrected chi connectivity index (χ4v) is 4.05. The number of aromatic nitrogens is 3. The van der Waals surface area contributed by atoms with Gasteiger partial charge >= 0.3 is 0 Å². The molecular weight excluding hydrogens is 367 g/mol. The van der Waals surface area contributed by atoms with Crippen LogP contribution >= 0.6 is 0 Å². The number of imidazole rings is 1. The Morgan fingerprint density at radius 1 is 1.24 bits per heavy atom. The van der Waals surface area contributed by atoms with Gasteiger partial charge in [0.15, 0.2) is 0 Å². The van der Waals surface area contributed by atoms with Gasteiger partial charge in [-0.15, -0.1) is 0 Å². The summed E-state index contributed by atoms with van der Waals surface area (Å²) < 4.78 is 15.6. The van der Waals surface area contributed by atoms with Gasteiger partial charge < -0.3 is 9.47 Å². The van der Waals surface area contributed by atoms with Crippen molar-refractivity contribution < 1.29 is 9.18 Å². The predicted octanol–water partition coefficient (Wildman–Crippen LogP) is 3.87. The first-order chi connectivity index (χ1) is 14.1. The molecule has 1 aliphatic heterocycles. The number of rotatable bonds is 5. The Balaban J connectivity index is 1.44. The van der Waals surface area contributed by atoms with E-state index in [9.17, 15) is 9.18 Å². The first kappa shape index (κ1) is 19.3. The van der Waals surface area contributed by atoms with Crippen LogP contribution in [0.4, 0.5) is 4.39 Å². The Labute approximate surface area is 170 Å². The number of carbonyl (C=O) groups excluding carboxylic acids is 1. The molecule has 0 saturated carbocycles. The lowest BCUT2D eigenvalue weighted by atomic mass is 9.97. The van der Waals surface area contributed by atoms with Gasteiger partial charge in [0, 0.05) is 49.5 Å². The van der Waals surface area contributed by atoms with Gasteiger partial charge in [-0.3, -0.25) is 9.78 Å². The van der Waals surface area contributed by atoms with Crippen LogP contribution in [0.1, 0.15) is 24.1 Å². The molecule has 2 aromatic heterocycles. The molecule has 0 aliphatic carbocycles. The third kappa shape index (κ3) is 4.53. The number of piperidine rings is 1. The molecule has 5 nitrogen and oxygen atoms in total. The molecule has 3 aromatic rings. The minimum absolute atomic E-state index is 0.0667. The molecule has 1 aromatic carbocycles. The Morgan fingerprint density at radius 2 is 2.07 bits per heavy atom. The van der Waals surface area contributed by atoms with Crippen LogP contribution in [0.25, 0.3) is 11.4 Å². The van der Waals surface area contributed by atoms with E-state index in [-0.39, 0.29) is 18.1 Å². The zero-order chi connectivity index (χ0) is 20.2. The molecule has 29 heavy (non-hydrogen) atoms. The quantitative estimate of drug-likeness (QED) is 0.662. The Kier molecular flexibility index (Phi) is 5.69. The molecule has 1 amide bonds. The van der Waals surface area contributed by atoms with Crippen molar-refractivity contribution in [2.75, 3.05) is 13.1 Å². The van der Waals surface area contributed by atoms with Crippen molar-refractivity contribution in [2.45, 2.75) is 32.7 Å². The van der Waals surface area contributed by atoms with E-state index in [0.717, 1.165) is 55.1 Å². The number of hydrogen-bond donors (Lipinski definition) is 0. The van der Waals surface area contributed by atoms with Crippen molar-refractivity contribution in [3.05, 3.63) is 72.1 Å². The maximum absolute atomic E-state index is 13.4. The first-order valence-corrected chi connectivity index (χ1v) is 10.0. The van der Waals surface area contributed by atoms with E-state index in [1.54, 1.807) is 24.5 Å². The monoisotopic (exact) mass is 392 g/mol. The number of amides is 1. The summed E-state index contributed by atoms with van der Waals surface area (Å²) in [4.78, 5) is 23.4. The molecule has 4 rings (SSSR count). The van der Waals surface area contributed by atoms with E-state index < -0.39 is 0 Å². The third-order valence-electron chi connectivity index (χ3n) is 5.55. The molecule has 0 N–H and O–H groups in total. The van der Waals surface area contributed by atoms with Crippen molar-refractivity contribution in [3.8, 4) is 11.4 Å². The number of carbonyl (C=O) groups is 1. The summed E-state index contributed by atoms with van der Waals surface area (Å²) in [6.45, 7) is 4.38. The highest BCUT2D eigenvalue weighted by atomic mass is 19.1. The summed E-state index contributed by atoms with van der Waals surface area (Å²) in [5.74, 6) is 1.07. The molecule has 0 spiro atoms. The molecule has 1 atom stereocenters. The van der Waals surface area contributed by atoms with Crippen molar-refractivity contribution in [1.82, 2.24) is 19.4 Å². The van der Waals surface area contributed by atoms with Gasteiger partial charge in [-0.05, 0) is 55.5 Å². The van der Waals surface area contributed by atoms with Gasteiger partial charge in [-0.2, -0.15) is 0 Å². The molecule has 6 heteroatoms. The highest BCUT2D eigenvalue weighted by Gasteiger charge is 2.25. The molecule has 1 fully saturated rings. The van der Waals surface area contributed by atoms with Gasteiger partial charge in [0.25, 0.3) is 0 Å². The van der Waals surface area contributed by atoms with E-state index in [0.29, 0.717) is 5.92 Å². The van der Waals surface area contributed by atoms with Gasteiger partial charge in [-0.1, -0.05) is 12.1 Å². The van der Waals surface area contributed by atoms with Crippen molar-refractivity contribution in [3.63, 3.8) is 0 Å². The second-order valence-electron chi connectivity index (χ2n) is 7.72. The third-order valence-corrected chi connectivity index (χ3v) is 5.55. The van der Waals surface area contributed by atoms with Crippen LogP contribution in [0.3, 0.4) is 0 Å². The summed E-state index contributed by atoms with van der Waals surface area (Å²) in [6.07, 6.45) is 7.76. The Bertz CT molecular complexity index is 986. The fourth-order valence-electron chi connectivity index (χ4n) is 4.05. The second kappa shape index (κ2) is 8.55. The van der Waals surface area contributed by atoms with Crippen molar-refractivity contribution >= 4 is 5.91 Å². The van der Waals surface area contributed by atoms with Crippen LogP contribution in [0.5, 0.6) is 0 Å². The summed E-state index contributed by atoms with van der Waals surface area (Å²) in [5, 5.41) is 0. The number of hydrogen-bond acceptors (Lipinski definition) is 3. The van der Waals surface area contributed by atoms with Crippen LogP contribution in [0.2, 0.25) is 0 Å². The zero-order valence-corrected chi connectivity index (χ0v) is 16.6. The molecule has 1 unspecified atom stereocenters. The number of halogens is 1. The minimum atomic E-state index is -0.300. The first-order valence-electron chi connectivity index (χ1n) is 10.0. The molecule has 150 valence electrons. The number of likely N-dealkylation sites (tertiary alicyclic amines) is 1.